The van der Waals surface area contributed by atoms with Crippen LogP contribution in [0.3, 0.4) is 0 Å². The van der Waals surface area contributed by atoms with Gasteiger partial charge in [-0.05, 0) is 44.9 Å². The molecule has 0 radical (unpaired) electrons. The highest BCUT2D eigenvalue weighted by Gasteiger charge is 2.28. The van der Waals surface area contributed by atoms with Crippen molar-refractivity contribution in [3.8, 4) is 5.75 Å². The summed E-state index contributed by atoms with van der Waals surface area (Å²) in [6, 6.07) is 8.25. The Morgan fingerprint density at radius 3 is 2.93 bits per heavy atom. The van der Waals surface area contributed by atoms with Crippen LogP contribution in [0, 0.1) is 25.6 Å². The smallest absolute Gasteiger partial charge is 0.293 e. The molecule has 0 bridgehead atoms. The molecule has 0 saturated carbocycles. The summed E-state index contributed by atoms with van der Waals surface area (Å²) in [4.78, 5) is 23.3. The minimum absolute atomic E-state index is 0.136. The number of fused-ring (bicyclic) bond motifs is 1. The normalized spacial score (nSPS) is 17.1. The van der Waals surface area contributed by atoms with Gasteiger partial charge in [0.1, 0.15) is 0 Å². The van der Waals surface area contributed by atoms with Gasteiger partial charge in [0.15, 0.2) is 11.6 Å². The van der Waals surface area contributed by atoms with Crippen LogP contribution >= 0.6 is 0 Å². The van der Waals surface area contributed by atoms with Crippen molar-refractivity contribution < 1.29 is 13.9 Å². The van der Waals surface area contributed by atoms with Crippen LogP contribution in [0.2, 0.25) is 0 Å². The predicted octanol–water partition coefficient (Wildman–Crippen LogP) is 2.81. The van der Waals surface area contributed by atoms with Gasteiger partial charge in [-0.1, -0.05) is 12.1 Å². The molecule has 4 rings (SSSR count). The monoisotopic (exact) mass is 383 g/mol. The Balaban J connectivity index is 1.45. The van der Waals surface area contributed by atoms with Crippen molar-refractivity contribution in [3.63, 3.8) is 0 Å². The lowest BCUT2D eigenvalue weighted by Gasteiger charge is -2.31. The molecule has 0 N–H and O–H groups in total. The summed E-state index contributed by atoms with van der Waals surface area (Å²) >= 11 is 0. The van der Waals surface area contributed by atoms with Crippen molar-refractivity contribution in [2.24, 2.45) is 5.92 Å². The van der Waals surface area contributed by atoms with Crippen molar-refractivity contribution in [1.29, 1.82) is 0 Å². The third kappa shape index (κ3) is 3.67. The molecule has 3 heterocycles. The Morgan fingerprint density at radius 1 is 1.29 bits per heavy atom. The average Bonchev–Trinajstić information content (AvgIpc) is 3.11. The molecule has 1 saturated heterocycles. The molecular weight excluding hydrogens is 361 g/mol. The molecule has 7 nitrogen and oxygen atoms in total. The molecule has 1 aliphatic rings. The molecule has 0 aliphatic carbocycles. The number of aromatic nitrogens is 4. The molecule has 28 heavy (non-hydrogen) atoms. The van der Waals surface area contributed by atoms with Gasteiger partial charge in [0, 0.05) is 30.4 Å². The molecule has 0 unspecified atom stereocenters. The van der Waals surface area contributed by atoms with Crippen LogP contribution < -0.4 is 4.74 Å². The predicted molar refractivity (Wildman–Crippen MR) is 101 cm³/mol. The van der Waals surface area contributed by atoms with E-state index in [1.807, 2.05) is 19.9 Å². The molecule has 0 spiro atoms. The zero-order valence-electron chi connectivity index (χ0n) is 15.9. The number of aryl methyl sites for hydroxylation is 2. The molecule has 1 amide bonds. The van der Waals surface area contributed by atoms with E-state index in [0.29, 0.717) is 25.5 Å². The standard InChI is InChI=1S/C20H22FN5O2/c1-13-10-14(2)26-20(22-13)23-18(24-26)19(27)25-9-5-6-15(11-25)12-28-17-8-4-3-7-16(17)21/h3-4,7-8,10,15H,5-6,9,11-12H2,1-2H3/t15-/m1/s1. The Kier molecular flexibility index (Phi) is 4.93. The van der Waals surface area contributed by atoms with E-state index in [2.05, 4.69) is 15.1 Å². The number of ether oxygens (including phenoxy) is 1. The van der Waals surface area contributed by atoms with Gasteiger partial charge in [-0.2, -0.15) is 4.98 Å². The van der Waals surface area contributed by atoms with E-state index in [9.17, 15) is 9.18 Å². The van der Waals surface area contributed by atoms with Gasteiger partial charge in [0.25, 0.3) is 11.7 Å². The maximum absolute atomic E-state index is 13.7. The Bertz CT molecular complexity index is 1020. The summed E-state index contributed by atoms with van der Waals surface area (Å²) in [5.41, 5.74) is 1.71. The average molecular weight is 383 g/mol. The largest absolute Gasteiger partial charge is 0.490 e. The fourth-order valence-corrected chi connectivity index (χ4v) is 3.55. The molecule has 3 aromatic rings. The van der Waals surface area contributed by atoms with Crippen LogP contribution in [0.25, 0.3) is 5.78 Å². The molecule has 8 heteroatoms. The van der Waals surface area contributed by atoms with E-state index in [4.69, 9.17) is 4.74 Å². The number of likely N-dealkylation sites (tertiary alicyclic amines) is 1. The fraction of sp³-hybridized carbons (Fsp3) is 0.400. The maximum atomic E-state index is 13.7. The summed E-state index contributed by atoms with van der Waals surface area (Å²) < 4.78 is 20.9. The number of nitrogens with zero attached hydrogens (tertiary/aromatic N) is 5. The van der Waals surface area contributed by atoms with E-state index in [1.165, 1.54) is 6.07 Å². The highest BCUT2D eigenvalue weighted by molar-refractivity contribution is 5.91. The summed E-state index contributed by atoms with van der Waals surface area (Å²) in [5, 5.41) is 4.33. The quantitative estimate of drug-likeness (QED) is 0.693. The lowest BCUT2D eigenvalue weighted by Crippen LogP contribution is -2.42. The van der Waals surface area contributed by atoms with Gasteiger partial charge < -0.3 is 9.64 Å². The molecule has 1 aliphatic heterocycles. The van der Waals surface area contributed by atoms with Crippen LogP contribution in [0.1, 0.15) is 34.8 Å². The third-order valence-electron chi connectivity index (χ3n) is 4.93. The molecule has 2 aromatic heterocycles. The zero-order valence-corrected chi connectivity index (χ0v) is 15.9. The molecule has 146 valence electrons. The first-order valence-corrected chi connectivity index (χ1v) is 9.39. The van der Waals surface area contributed by atoms with Crippen LogP contribution in [0.4, 0.5) is 4.39 Å². The SMILES string of the molecule is Cc1cc(C)n2nc(C(=O)N3CCC[C@@H](COc4ccccc4F)C3)nc2n1. The van der Waals surface area contributed by atoms with Crippen molar-refractivity contribution in [3.05, 3.63) is 53.4 Å². The fourth-order valence-electron chi connectivity index (χ4n) is 3.55. The van der Waals surface area contributed by atoms with Gasteiger partial charge in [-0.25, -0.2) is 13.9 Å². The molecule has 1 aromatic carbocycles. The summed E-state index contributed by atoms with van der Waals surface area (Å²) in [5.74, 6) is 0.368. The van der Waals surface area contributed by atoms with E-state index < -0.39 is 0 Å². The van der Waals surface area contributed by atoms with Crippen molar-refractivity contribution in [2.75, 3.05) is 19.7 Å². The first-order valence-electron chi connectivity index (χ1n) is 9.39. The number of carbonyl (C=O) groups excluding carboxylic acids is 1. The van der Waals surface area contributed by atoms with Gasteiger partial charge >= 0.3 is 0 Å². The zero-order chi connectivity index (χ0) is 19.7. The second kappa shape index (κ2) is 7.53. The van der Waals surface area contributed by atoms with Gasteiger partial charge in [0.2, 0.25) is 5.82 Å². The summed E-state index contributed by atoms with van der Waals surface area (Å²) in [7, 11) is 0. The molecule has 1 fully saturated rings. The van der Waals surface area contributed by atoms with Crippen molar-refractivity contribution in [2.45, 2.75) is 26.7 Å². The Hall–Kier alpha value is -3.03. The van der Waals surface area contributed by atoms with E-state index >= 15 is 0 Å². The Labute approximate surface area is 162 Å². The highest BCUT2D eigenvalue weighted by Crippen LogP contribution is 2.21. The number of hydrogen-bond acceptors (Lipinski definition) is 5. The lowest BCUT2D eigenvalue weighted by atomic mass is 9.99. The van der Waals surface area contributed by atoms with Crippen molar-refractivity contribution in [1.82, 2.24) is 24.5 Å². The third-order valence-corrected chi connectivity index (χ3v) is 4.93. The molecular formula is C20H22FN5O2. The first-order chi connectivity index (χ1) is 13.5. The Morgan fingerprint density at radius 2 is 2.11 bits per heavy atom. The number of carbonyl (C=O) groups is 1. The topological polar surface area (TPSA) is 72.6 Å². The maximum Gasteiger partial charge on any atom is 0.293 e. The van der Waals surface area contributed by atoms with Crippen LogP contribution in [0.15, 0.2) is 30.3 Å². The van der Waals surface area contributed by atoms with E-state index in [0.717, 1.165) is 24.2 Å². The van der Waals surface area contributed by atoms with Gasteiger partial charge in [-0.3, -0.25) is 4.79 Å². The number of amides is 1. The first kappa shape index (κ1) is 18.3. The second-order valence-corrected chi connectivity index (χ2v) is 7.19. The van der Waals surface area contributed by atoms with E-state index in [-0.39, 0.29) is 29.2 Å². The number of benzene rings is 1. The van der Waals surface area contributed by atoms with Gasteiger partial charge in [-0.15, -0.1) is 5.10 Å². The summed E-state index contributed by atoms with van der Waals surface area (Å²) in [6.07, 6.45) is 1.79. The van der Waals surface area contributed by atoms with Crippen LogP contribution in [0.5, 0.6) is 5.75 Å². The minimum atomic E-state index is -0.377. The lowest BCUT2D eigenvalue weighted by molar-refractivity contribution is 0.0619. The van der Waals surface area contributed by atoms with Gasteiger partial charge in [0.05, 0.1) is 6.61 Å². The second-order valence-electron chi connectivity index (χ2n) is 7.19. The van der Waals surface area contributed by atoms with Crippen LogP contribution in [-0.2, 0) is 0 Å². The highest BCUT2D eigenvalue weighted by atomic mass is 19.1. The van der Waals surface area contributed by atoms with E-state index in [1.54, 1.807) is 27.6 Å². The number of piperidine rings is 1. The molecule has 1 atom stereocenters. The number of para-hydroxylation sites is 1. The minimum Gasteiger partial charge on any atom is -0.490 e. The van der Waals surface area contributed by atoms with Crippen molar-refractivity contribution >= 4 is 11.7 Å². The summed E-state index contributed by atoms with van der Waals surface area (Å²) in [6.45, 7) is 5.34. The number of halogens is 1. The number of rotatable bonds is 4. The number of hydrogen-bond donors (Lipinski definition) is 0. The van der Waals surface area contributed by atoms with Crippen LogP contribution in [-0.4, -0.2) is 50.1 Å².